The zero-order valence-electron chi connectivity index (χ0n) is 12.8. The van der Waals surface area contributed by atoms with Crippen LogP contribution in [0.2, 0.25) is 0 Å². The van der Waals surface area contributed by atoms with Crippen LogP contribution in [0.4, 0.5) is 0 Å². The molecular formula is C17H25NO3. The Kier molecular flexibility index (Phi) is 8.21. The van der Waals surface area contributed by atoms with Gasteiger partial charge in [0.25, 0.3) is 0 Å². The zero-order valence-corrected chi connectivity index (χ0v) is 12.8. The summed E-state index contributed by atoms with van der Waals surface area (Å²) in [6, 6.07) is 7.51. The number of aliphatic hydroxyl groups is 1. The zero-order chi connectivity index (χ0) is 15.5. The van der Waals surface area contributed by atoms with E-state index >= 15 is 0 Å². The molecule has 4 heteroatoms. The molecule has 1 aromatic rings. The Labute approximate surface area is 126 Å². The molecule has 0 heterocycles. The molecule has 2 N–H and O–H groups in total. The molecule has 1 rings (SSSR count). The smallest absolute Gasteiger partial charge is 0.244 e. The second-order valence-electron chi connectivity index (χ2n) is 5.02. The monoisotopic (exact) mass is 291 g/mol. The van der Waals surface area contributed by atoms with Crippen LogP contribution in [0.25, 0.3) is 6.08 Å². The van der Waals surface area contributed by atoms with Crippen molar-refractivity contribution >= 4 is 12.0 Å². The van der Waals surface area contributed by atoms with Gasteiger partial charge in [-0.1, -0.05) is 25.5 Å². The summed E-state index contributed by atoms with van der Waals surface area (Å²) in [7, 11) is 1.62. The lowest BCUT2D eigenvalue weighted by Crippen LogP contribution is -2.28. The third-order valence-corrected chi connectivity index (χ3v) is 3.34. The molecule has 0 aliphatic heterocycles. The maximum absolute atomic E-state index is 11.8. The van der Waals surface area contributed by atoms with E-state index in [-0.39, 0.29) is 12.5 Å². The Morgan fingerprint density at radius 2 is 2.05 bits per heavy atom. The van der Waals surface area contributed by atoms with Crippen LogP contribution >= 0.6 is 0 Å². The van der Waals surface area contributed by atoms with Crippen molar-refractivity contribution in [1.29, 1.82) is 0 Å². The molecule has 0 aliphatic carbocycles. The van der Waals surface area contributed by atoms with Gasteiger partial charge in [-0.25, -0.2) is 0 Å². The first-order valence-corrected chi connectivity index (χ1v) is 7.40. The molecule has 0 saturated carbocycles. The van der Waals surface area contributed by atoms with E-state index in [1.54, 1.807) is 13.2 Å². The maximum atomic E-state index is 11.8. The van der Waals surface area contributed by atoms with Crippen molar-refractivity contribution in [3.63, 3.8) is 0 Å². The number of aliphatic hydroxyl groups excluding tert-OH is 1. The van der Waals surface area contributed by atoms with Crippen molar-refractivity contribution in [2.45, 2.75) is 26.2 Å². The molecule has 0 aliphatic rings. The molecule has 1 unspecified atom stereocenters. The maximum Gasteiger partial charge on any atom is 0.244 e. The Morgan fingerprint density at radius 3 is 2.62 bits per heavy atom. The van der Waals surface area contributed by atoms with E-state index in [0.29, 0.717) is 12.5 Å². The molecule has 116 valence electrons. The normalized spacial score (nSPS) is 12.3. The van der Waals surface area contributed by atoms with Gasteiger partial charge in [0.05, 0.1) is 7.11 Å². The van der Waals surface area contributed by atoms with E-state index in [1.807, 2.05) is 24.3 Å². The van der Waals surface area contributed by atoms with Crippen LogP contribution in [0.5, 0.6) is 5.75 Å². The molecule has 0 saturated heterocycles. The average molecular weight is 291 g/mol. The van der Waals surface area contributed by atoms with Crippen LogP contribution in [0.3, 0.4) is 0 Å². The summed E-state index contributed by atoms with van der Waals surface area (Å²) in [6.07, 6.45) is 6.11. The van der Waals surface area contributed by atoms with E-state index in [2.05, 4.69) is 12.2 Å². The summed E-state index contributed by atoms with van der Waals surface area (Å²) in [4.78, 5) is 11.8. The topological polar surface area (TPSA) is 58.6 Å². The van der Waals surface area contributed by atoms with E-state index in [9.17, 15) is 4.79 Å². The lowest BCUT2D eigenvalue weighted by molar-refractivity contribution is -0.116. The number of rotatable bonds is 9. The van der Waals surface area contributed by atoms with Crippen molar-refractivity contribution in [2.75, 3.05) is 20.3 Å². The van der Waals surface area contributed by atoms with Crippen molar-refractivity contribution in [3.8, 4) is 5.75 Å². The third kappa shape index (κ3) is 6.95. The predicted octanol–water partition coefficient (Wildman–Crippen LogP) is 2.62. The first-order chi connectivity index (χ1) is 10.2. The van der Waals surface area contributed by atoms with Crippen molar-refractivity contribution in [3.05, 3.63) is 35.9 Å². The highest BCUT2D eigenvalue weighted by molar-refractivity contribution is 5.91. The number of carbonyl (C=O) groups excluding carboxylic acids is 1. The summed E-state index contributed by atoms with van der Waals surface area (Å²) >= 11 is 0. The van der Waals surface area contributed by atoms with Crippen LogP contribution in [0.1, 0.15) is 31.7 Å². The molecule has 1 aromatic carbocycles. The number of nitrogens with one attached hydrogen (secondary N) is 1. The Balaban J connectivity index is 2.42. The van der Waals surface area contributed by atoms with Gasteiger partial charge in [-0.05, 0) is 42.5 Å². The van der Waals surface area contributed by atoms with Gasteiger partial charge in [-0.3, -0.25) is 4.79 Å². The fraction of sp³-hybridized carbons (Fsp3) is 0.471. The van der Waals surface area contributed by atoms with Crippen LogP contribution < -0.4 is 10.1 Å². The van der Waals surface area contributed by atoms with Gasteiger partial charge >= 0.3 is 0 Å². The van der Waals surface area contributed by atoms with Gasteiger partial charge in [-0.2, -0.15) is 0 Å². The molecule has 0 bridgehead atoms. The average Bonchev–Trinajstić information content (AvgIpc) is 2.51. The van der Waals surface area contributed by atoms with E-state index in [4.69, 9.17) is 9.84 Å². The minimum absolute atomic E-state index is 0.107. The number of hydrogen-bond donors (Lipinski definition) is 2. The van der Waals surface area contributed by atoms with Gasteiger partial charge in [0, 0.05) is 19.2 Å². The molecular weight excluding hydrogens is 266 g/mol. The number of carbonyl (C=O) groups is 1. The lowest BCUT2D eigenvalue weighted by Gasteiger charge is -2.14. The largest absolute Gasteiger partial charge is 0.497 e. The molecule has 0 fully saturated rings. The lowest BCUT2D eigenvalue weighted by atomic mass is 10.0. The molecule has 0 aromatic heterocycles. The Morgan fingerprint density at radius 1 is 1.33 bits per heavy atom. The first-order valence-electron chi connectivity index (χ1n) is 7.40. The fourth-order valence-corrected chi connectivity index (χ4v) is 2.13. The number of amides is 1. The predicted molar refractivity (Wildman–Crippen MR) is 85.1 cm³/mol. The van der Waals surface area contributed by atoms with Crippen LogP contribution in [-0.4, -0.2) is 31.3 Å². The van der Waals surface area contributed by atoms with Crippen molar-refractivity contribution < 1.29 is 14.6 Å². The molecule has 21 heavy (non-hydrogen) atoms. The summed E-state index contributed by atoms with van der Waals surface area (Å²) in [5.41, 5.74) is 0.950. The molecule has 4 nitrogen and oxygen atoms in total. The van der Waals surface area contributed by atoms with E-state index in [1.165, 1.54) is 6.08 Å². The van der Waals surface area contributed by atoms with Crippen molar-refractivity contribution in [1.82, 2.24) is 5.32 Å². The fourth-order valence-electron chi connectivity index (χ4n) is 2.13. The molecule has 0 radical (unpaired) electrons. The minimum atomic E-state index is -0.107. The van der Waals surface area contributed by atoms with Crippen LogP contribution in [0.15, 0.2) is 30.3 Å². The van der Waals surface area contributed by atoms with Gasteiger partial charge in [0.2, 0.25) is 5.91 Å². The highest BCUT2D eigenvalue weighted by Crippen LogP contribution is 2.12. The Bertz CT molecular complexity index is 434. The summed E-state index contributed by atoms with van der Waals surface area (Å²) in [5.74, 6) is 1.03. The first kappa shape index (κ1) is 17.2. The number of hydrogen-bond acceptors (Lipinski definition) is 3. The second-order valence-corrected chi connectivity index (χ2v) is 5.02. The van der Waals surface area contributed by atoms with Gasteiger partial charge in [-0.15, -0.1) is 0 Å². The SMILES string of the molecule is CCCC(CCO)CNC(=O)/C=C/c1ccc(OC)cc1. The van der Waals surface area contributed by atoms with E-state index in [0.717, 1.165) is 30.6 Å². The molecule has 1 amide bonds. The van der Waals surface area contributed by atoms with Gasteiger partial charge in [0.15, 0.2) is 0 Å². The summed E-state index contributed by atoms with van der Waals surface area (Å²) < 4.78 is 5.08. The number of ether oxygens (including phenoxy) is 1. The van der Waals surface area contributed by atoms with Crippen molar-refractivity contribution in [2.24, 2.45) is 5.92 Å². The highest BCUT2D eigenvalue weighted by atomic mass is 16.5. The van der Waals surface area contributed by atoms with Gasteiger partial charge < -0.3 is 15.2 Å². The quantitative estimate of drug-likeness (QED) is 0.688. The number of benzene rings is 1. The molecule has 1 atom stereocenters. The van der Waals surface area contributed by atoms with E-state index < -0.39 is 0 Å². The number of methoxy groups -OCH3 is 1. The Hall–Kier alpha value is -1.81. The molecule has 0 spiro atoms. The summed E-state index contributed by atoms with van der Waals surface area (Å²) in [6.45, 7) is 2.89. The van der Waals surface area contributed by atoms with Gasteiger partial charge in [0.1, 0.15) is 5.75 Å². The highest BCUT2D eigenvalue weighted by Gasteiger charge is 2.07. The second kappa shape index (κ2) is 10.00. The standard InChI is InChI=1S/C17H25NO3/c1-3-4-15(11-12-19)13-18-17(20)10-7-14-5-8-16(21-2)9-6-14/h5-10,15,19H,3-4,11-13H2,1-2H3,(H,18,20)/b10-7+. The van der Waals surface area contributed by atoms with Crippen LogP contribution in [-0.2, 0) is 4.79 Å². The summed E-state index contributed by atoms with van der Waals surface area (Å²) in [5, 5.41) is 11.9. The minimum Gasteiger partial charge on any atom is -0.497 e. The van der Waals surface area contributed by atoms with Crippen LogP contribution in [0, 0.1) is 5.92 Å². The third-order valence-electron chi connectivity index (χ3n) is 3.34.